The third-order valence-electron chi connectivity index (χ3n) is 2.14. The molecule has 0 aliphatic heterocycles. The molecule has 0 saturated carbocycles. The zero-order valence-corrected chi connectivity index (χ0v) is 10.9. The summed E-state index contributed by atoms with van der Waals surface area (Å²) < 4.78 is 30.2. The molecule has 0 saturated heterocycles. The Morgan fingerprint density at radius 1 is 1.33 bits per heavy atom. The first-order valence-electron chi connectivity index (χ1n) is 5.51. The molecule has 0 radical (unpaired) electrons. The van der Waals surface area contributed by atoms with E-state index in [1.165, 1.54) is 24.3 Å². The van der Waals surface area contributed by atoms with E-state index in [1.54, 1.807) is 4.72 Å². The molecule has 0 unspecified atom stereocenters. The van der Waals surface area contributed by atoms with Crippen molar-refractivity contribution in [2.45, 2.75) is 24.7 Å². The summed E-state index contributed by atoms with van der Waals surface area (Å²) >= 11 is 0. The van der Waals surface area contributed by atoms with Crippen LogP contribution in [0.2, 0.25) is 0 Å². The Bertz CT molecular complexity index is 496. The second kappa shape index (κ2) is 6.25. The van der Waals surface area contributed by atoms with Crippen molar-refractivity contribution in [2.75, 3.05) is 6.61 Å². The molecular formula is C11H16N2O4S. The summed E-state index contributed by atoms with van der Waals surface area (Å²) in [5, 5.41) is 0. The standard InChI is InChI=1S/C11H16N2O4S/c1-2-3-8-17-9-4-6-10(7-5-9)18(15,16)13-11(12)14/h4-7H,2-3,8H2,1H3,(H3,12,13,14). The van der Waals surface area contributed by atoms with Gasteiger partial charge in [0.2, 0.25) is 0 Å². The van der Waals surface area contributed by atoms with Gasteiger partial charge in [0.1, 0.15) is 5.75 Å². The number of amides is 2. The maximum Gasteiger partial charge on any atom is 0.326 e. The third kappa shape index (κ3) is 4.25. The maximum absolute atomic E-state index is 11.6. The molecule has 100 valence electrons. The van der Waals surface area contributed by atoms with Crippen LogP contribution in [0.25, 0.3) is 0 Å². The summed E-state index contributed by atoms with van der Waals surface area (Å²) in [6.07, 6.45) is 1.96. The number of benzene rings is 1. The van der Waals surface area contributed by atoms with Crippen LogP contribution in [0.1, 0.15) is 19.8 Å². The van der Waals surface area contributed by atoms with E-state index in [2.05, 4.69) is 6.92 Å². The summed E-state index contributed by atoms with van der Waals surface area (Å²) in [5.74, 6) is 0.585. The number of hydrogen-bond donors (Lipinski definition) is 2. The predicted octanol–water partition coefficient (Wildman–Crippen LogP) is 1.22. The highest BCUT2D eigenvalue weighted by molar-refractivity contribution is 7.90. The van der Waals surface area contributed by atoms with Gasteiger partial charge in [-0.1, -0.05) is 13.3 Å². The number of unbranched alkanes of at least 4 members (excludes halogenated alkanes) is 1. The van der Waals surface area contributed by atoms with E-state index in [4.69, 9.17) is 10.5 Å². The minimum atomic E-state index is -3.88. The van der Waals surface area contributed by atoms with Gasteiger partial charge in [-0.3, -0.25) is 0 Å². The van der Waals surface area contributed by atoms with E-state index in [0.29, 0.717) is 12.4 Å². The fraction of sp³-hybridized carbons (Fsp3) is 0.364. The number of carbonyl (C=O) groups is 1. The van der Waals surface area contributed by atoms with Crippen molar-refractivity contribution < 1.29 is 17.9 Å². The molecule has 1 aromatic rings. The van der Waals surface area contributed by atoms with Crippen molar-refractivity contribution in [3.05, 3.63) is 24.3 Å². The number of sulfonamides is 1. The molecule has 6 nitrogen and oxygen atoms in total. The van der Waals surface area contributed by atoms with Gasteiger partial charge in [-0.2, -0.15) is 0 Å². The zero-order valence-electron chi connectivity index (χ0n) is 10.0. The van der Waals surface area contributed by atoms with E-state index in [-0.39, 0.29) is 4.90 Å². The number of urea groups is 1. The minimum Gasteiger partial charge on any atom is -0.494 e. The van der Waals surface area contributed by atoms with Crippen LogP contribution in [0.15, 0.2) is 29.2 Å². The lowest BCUT2D eigenvalue weighted by molar-refractivity contribution is 0.253. The van der Waals surface area contributed by atoms with E-state index in [9.17, 15) is 13.2 Å². The number of hydrogen-bond acceptors (Lipinski definition) is 4. The van der Waals surface area contributed by atoms with Crippen LogP contribution in [0.4, 0.5) is 4.79 Å². The van der Waals surface area contributed by atoms with Crippen LogP contribution >= 0.6 is 0 Å². The summed E-state index contributed by atoms with van der Waals surface area (Å²) in [7, 11) is -3.88. The van der Waals surface area contributed by atoms with E-state index in [1.807, 2.05) is 0 Å². The first-order chi connectivity index (χ1) is 8.45. The van der Waals surface area contributed by atoms with Gasteiger partial charge in [0.15, 0.2) is 0 Å². The lowest BCUT2D eigenvalue weighted by atomic mass is 10.3. The van der Waals surface area contributed by atoms with Gasteiger partial charge in [-0.15, -0.1) is 0 Å². The van der Waals surface area contributed by atoms with E-state index >= 15 is 0 Å². The molecular weight excluding hydrogens is 256 g/mol. The Balaban J connectivity index is 2.73. The molecule has 0 aliphatic rings. The van der Waals surface area contributed by atoms with Crippen LogP contribution in [-0.2, 0) is 10.0 Å². The maximum atomic E-state index is 11.6. The van der Waals surface area contributed by atoms with Gasteiger partial charge in [-0.25, -0.2) is 17.9 Å². The highest BCUT2D eigenvalue weighted by Crippen LogP contribution is 2.16. The summed E-state index contributed by atoms with van der Waals surface area (Å²) in [6.45, 7) is 2.64. The summed E-state index contributed by atoms with van der Waals surface area (Å²) in [5.41, 5.74) is 4.77. The lowest BCUT2D eigenvalue weighted by Gasteiger charge is -2.07. The van der Waals surface area contributed by atoms with Crippen molar-refractivity contribution in [3.8, 4) is 5.75 Å². The van der Waals surface area contributed by atoms with Crippen molar-refractivity contribution in [3.63, 3.8) is 0 Å². The van der Waals surface area contributed by atoms with E-state index < -0.39 is 16.1 Å². The monoisotopic (exact) mass is 272 g/mol. The molecule has 0 fully saturated rings. The number of nitrogens with one attached hydrogen (secondary N) is 1. The highest BCUT2D eigenvalue weighted by Gasteiger charge is 2.15. The van der Waals surface area contributed by atoms with Crippen LogP contribution in [0.3, 0.4) is 0 Å². The number of carbonyl (C=O) groups excluding carboxylic acids is 1. The molecule has 0 heterocycles. The molecule has 0 aromatic heterocycles. The van der Waals surface area contributed by atoms with Crippen LogP contribution < -0.4 is 15.2 Å². The molecule has 0 atom stereocenters. The fourth-order valence-corrected chi connectivity index (χ4v) is 2.12. The zero-order chi connectivity index (χ0) is 13.6. The van der Waals surface area contributed by atoms with Crippen LogP contribution in [0, 0.1) is 0 Å². The summed E-state index contributed by atoms with van der Waals surface area (Å²) in [4.78, 5) is 10.5. The fourth-order valence-electron chi connectivity index (χ4n) is 1.24. The molecule has 0 spiro atoms. The first kappa shape index (κ1) is 14.3. The first-order valence-corrected chi connectivity index (χ1v) is 6.99. The second-order valence-corrected chi connectivity index (χ2v) is 5.33. The molecule has 0 bridgehead atoms. The topological polar surface area (TPSA) is 98.5 Å². The van der Waals surface area contributed by atoms with Crippen molar-refractivity contribution >= 4 is 16.1 Å². The molecule has 7 heteroatoms. The Hall–Kier alpha value is -1.76. The van der Waals surface area contributed by atoms with Gasteiger partial charge >= 0.3 is 6.03 Å². The Kier molecular flexibility index (Phi) is 4.96. The van der Waals surface area contributed by atoms with Gasteiger partial charge in [-0.05, 0) is 30.7 Å². The van der Waals surface area contributed by atoms with Crippen molar-refractivity contribution in [1.82, 2.24) is 4.72 Å². The average Bonchev–Trinajstić information content (AvgIpc) is 2.28. The van der Waals surface area contributed by atoms with E-state index in [0.717, 1.165) is 12.8 Å². The van der Waals surface area contributed by atoms with Gasteiger partial charge in [0.25, 0.3) is 10.0 Å². The Morgan fingerprint density at radius 2 is 1.94 bits per heavy atom. The van der Waals surface area contributed by atoms with Crippen molar-refractivity contribution in [1.29, 1.82) is 0 Å². The Morgan fingerprint density at radius 3 is 2.44 bits per heavy atom. The lowest BCUT2D eigenvalue weighted by Crippen LogP contribution is -2.34. The molecule has 0 aliphatic carbocycles. The number of primary amides is 1. The van der Waals surface area contributed by atoms with Gasteiger partial charge in [0.05, 0.1) is 11.5 Å². The van der Waals surface area contributed by atoms with Crippen molar-refractivity contribution in [2.24, 2.45) is 5.73 Å². The van der Waals surface area contributed by atoms with Gasteiger partial charge < -0.3 is 10.5 Å². The summed E-state index contributed by atoms with van der Waals surface area (Å²) in [6, 6.07) is 4.66. The quantitative estimate of drug-likeness (QED) is 0.761. The molecule has 2 amide bonds. The number of ether oxygens (including phenoxy) is 1. The SMILES string of the molecule is CCCCOc1ccc(S(=O)(=O)NC(N)=O)cc1. The van der Waals surface area contributed by atoms with Crippen LogP contribution in [-0.4, -0.2) is 21.1 Å². The normalized spacial score (nSPS) is 10.9. The average molecular weight is 272 g/mol. The molecule has 1 rings (SSSR count). The molecule has 1 aromatic carbocycles. The van der Waals surface area contributed by atoms with Gasteiger partial charge in [0, 0.05) is 0 Å². The Labute approximate surface area is 106 Å². The number of nitrogens with two attached hydrogens (primary N) is 1. The molecule has 3 N–H and O–H groups in total. The smallest absolute Gasteiger partial charge is 0.326 e. The molecule has 18 heavy (non-hydrogen) atoms. The highest BCUT2D eigenvalue weighted by atomic mass is 32.2. The second-order valence-electron chi connectivity index (χ2n) is 3.64. The van der Waals surface area contributed by atoms with Crippen LogP contribution in [0.5, 0.6) is 5.75 Å². The number of rotatable bonds is 6. The minimum absolute atomic E-state index is 0.0378. The largest absolute Gasteiger partial charge is 0.494 e. The predicted molar refractivity (Wildman–Crippen MR) is 66.7 cm³/mol. The third-order valence-corrected chi connectivity index (χ3v) is 3.50.